The first-order valence-corrected chi connectivity index (χ1v) is 6.74. The molecule has 1 heterocycles. The molecule has 0 aliphatic heterocycles. The van der Waals surface area contributed by atoms with Crippen LogP contribution in [-0.4, -0.2) is 4.98 Å². The minimum atomic E-state index is 0.690. The Labute approximate surface area is 110 Å². The standard InChI is InChI=1S/C17H21N/c1-4-16-9-6-10-17(18-16)15-8-5-7-14(12-15)11-13(2)3/h5-10,12-13H,4,11H2,1-3H3. The third-order valence-corrected chi connectivity index (χ3v) is 3.04. The summed E-state index contributed by atoms with van der Waals surface area (Å²) in [6, 6.07) is 15.0. The van der Waals surface area contributed by atoms with E-state index in [0.717, 1.165) is 24.2 Å². The third-order valence-electron chi connectivity index (χ3n) is 3.04. The number of rotatable bonds is 4. The van der Waals surface area contributed by atoms with Crippen molar-refractivity contribution in [3.05, 3.63) is 53.7 Å². The zero-order valence-corrected chi connectivity index (χ0v) is 11.5. The predicted octanol–water partition coefficient (Wildman–Crippen LogP) is 4.51. The summed E-state index contributed by atoms with van der Waals surface area (Å²) in [5.74, 6) is 0.690. The van der Waals surface area contributed by atoms with Crippen LogP contribution in [0.4, 0.5) is 0 Å². The molecule has 0 saturated carbocycles. The molecule has 18 heavy (non-hydrogen) atoms. The van der Waals surface area contributed by atoms with E-state index in [0.29, 0.717) is 5.92 Å². The van der Waals surface area contributed by atoms with Crippen LogP contribution in [0.3, 0.4) is 0 Å². The highest BCUT2D eigenvalue weighted by Gasteiger charge is 2.03. The summed E-state index contributed by atoms with van der Waals surface area (Å²) in [5, 5.41) is 0. The van der Waals surface area contributed by atoms with Gasteiger partial charge in [-0.15, -0.1) is 0 Å². The lowest BCUT2D eigenvalue weighted by molar-refractivity contribution is 0.647. The molecular formula is C17H21N. The van der Waals surface area contributed by atoms with Crippen molar-refractivity contribution in [2.24, 2.45) is 5.92 Å². The molecule has 0 amide bonds. The monoisotopic (exact) mass is 239 g/mol. The average molecular weight is 239 g/mol. The van der Waals surface area contributed by atoms with E-state index in [-0.39, 0.29) is 0 Å². The van der Waals surface area contributed by atoms with Crippen molar-refractivity contribution in [3.63, 3.8) is 0 Å². The van der Waals surface area contributed by atoms with Crippen molar-refractivity contribution in [2.75, 3.05) is 0 Å². The molecule has 0 aliphatic carbocycles. The van der Waals surface area contributed by atoms with Gasteiger partial charge in [0.25, 0.3) is 0 Å². The first-order valence-electron chi connectivity index (χ1n) is 6.74. The quantitative estimate of drug-likeness (QED) is 0.765. The SMILES string of the molecule is CCc1cccc(-c2cccc(CC(C)C)c2)n1. The Bertz CT molecular complexity index is 515. The number of hydrogen-bond acceptors (Lipinski definition) is 1. The van der Waals surface area contributed by atoms with Crippen molar-refractivity contribution in [1.82, 2.24) is 4.98 Å². The summed E-state index contributed by atoms with van der Waals surface area (Å²) in [5.41, 5.74) is 4.86. The molecule has 0 N–H and O–H groups in total. The van der Waals surface area contributed by atoms with Gasteiger partial charge in [-0.05, 0) is 42.5 Å². The third kappa shape index (κ3) is 3.19. The van der Waals surface area contributed by atoms with E-state index >= 15 is 0 Å². The lowest BCUT2D eigenvalue weighted by atomic mass is 10.00. The van der Waals surface area contributed by atoms with Crippen LogP contribution >= 0.6 is 0 Å². The largest absolute Gasteiger partial charge is 0.253 e. The fraction of sp³-hybridized carbons (Fsp3) is 0.353. The van der Waals surface area contributed by atoms with Gasteiger partial charge in [0.1, 0.15) is 0 Å². The Balaban J connectivity index is 2.32. The summed E-state index contributed by atoms with van der Waals surface area (Å²) in [6.07, 6.45) is 2.11. The Morgan fingerprint density at radius 3 is 2.56 bits per heavy atom. The van der Waals surface area contributed by atoms with E-state index in [4.69, 9.17) is 0 Å². The molecule has 0 unspecified atom stereocenters. The summed E-state index contributed by atoms with van der Waals surface area (Å²) in [4.78, 5) is 4.68. The molecule has 0 aliphatic rings. The Kier molecular flexibility index (Phi) is 4.14. The normalized spacial score (nSPS) is 10.9. The zero-order valence-electron chi connectivity index (χ0n) is 11.5. The average Bonchev–Trinajstić information content (AvgIpc) is 2.38. The molecule has 1 nitrogen and oxygen atoms in total. The second-order valence-electron chi connectivity index (χ2n) is 5.17. The second kappa shape index (κ2) is 5.81. The fourth-order valence-corrected chi connectivity index (χ4v) is 2.17. The van der Waals surface area contributed by atoms with Crippen molar-refractivity contribution < 1.29 is 0 Å². The first-order chi connectivity index (χ1) is 8.69. The molecule has 0 atom stereocenters. The van der Waals surface area contributed by atoms with Gasteiger partial charge in [-0.3, -0.25) is 4.98 Å². The number of hydrogen-bond donors (Lipinski definition) is 0. The Morgan fingerprint density at radius 1 is 1.06 bits per heavy atom. The Morgan fingerprint density at radius 2 is 1.83 bits per heavy atom. The van der Waals surface area contributed by atoms with Crippen molar-refractivity contribution in [2.45, 2.75) is 33.6 Å². The minimum Gasteiger partial charge on any atom is -0.253 e. The van der Waals surface area contributed by atoms with Crippen molar-refractivity contribution in [1.29, 1.82) is 0 Å². The van der Waals surface area contributed by atoms with Crippen LogP contribution in [0.25, 0.3) is 11.3 Å². The molecule has 1 heteroatoms. The highest BCUT2D eigenvalue weighted by Crippen LogP contribution is 2.20. The van der Waals surface area contributed by atoms with E-state index in [2.05, 4.69) is 68.2 Å². The molecule has 94 valence electrons. The summed E-state index contributed by atoms with van der Waals surface area (Å²) >= 11 is 0. The van der Waals surface area contributed by atoms with Gasteiger partial charge < -0.3 is 0 Å². The van der Waals surface area contributed by atoms with E-state index in [1.54, 1.807) is 0 Å². The molecular weight excluding hydrogens is 218 g/mol. The smallest absolute Gasteiger partial charge is 0.0705 e. The van der Waals surface area contributed by atoms with Gasteiger partial charge in [-0.25, -0.2) is 0 Å². The van der Waals surface area contributed by atoms with E-state index in [9.17, 15) is 0 Å². The molecule has 2 rings (SSSR count). The van der Waals surface area contributed by atoms with Gasteiger partial charge in [0.15, 0.2) is 0 Å². The van der Waals surface area contributed by atoms with Gasteiger partial charge in [0, 0.05) is 11.3 Å². The summed E-state index contributed by atoms with van der Waals surface area (Å²) in [7, 11) is 0. The number of benzene rings is 1. The summed E-state index contributed by atoms with van der Waals surface area (Å²) < 4.78 is 0. The van der Waals surface area contributed by atoms with E-state index in [1.807, 2.05) is 0 Å². The number of pyridine rings is 1. The molecule has 2 aromatic rings. The molecule has 0 spiro atoms. The van der Waals surface area contributed by atoms with Gasteiger partial charge >= 0.3 is 0 Å². The van der Waals surface area contributed by atoms with Gasteiger partial charge in [-0.2, -0.15) is 0 Å². The highest BCUT2D eigenvalue weighted by atomic mass is 14.7. The molecule has 1 aromatic heterocycles. The van der Waals surface area contributed by atoms with Crippen LogP contribution < -0.4 is 0 Å². The van der Waals surface area contributed by atoms with Gasteiger partial charge in [0.05, 0.1) is 5.69 Å². The van der Waals surface area contributed by atoms with Crippen LogP contribution in [0, 0.1) is 5.92 Å². The van der Waals surface area contributed by atoms with Crippen LogP contribution in [0.1, 0.15) is 32.0 Å². The van der Waals surface area contributed by atoms with Crippen LogP contribution in [0.15, 0.2) is 42.5 Å². The topological polar surface area (TPSA) is 12.9 Å². The van der Waals surface area contributed by atoms with Crippen LogP contribution in [0.2, 0.25) is 0 Å². The first kappa shape index (κ1) is 12.8. The maximum atomic E-state index is 4.68. The van der Waals surface area contributed by atoms with Crippen LogP contribution in [0.5, 0.6) is 0 Å². The van der Waals surface area contributed by atoms with Crippen molar-refractivity contribution >= 4 is 0 Å². The zero-order chi connectivity index (χ0) is 13.0. The molecule has 0 fully saturated rings. The number of aromatic nitrogens is 1. The number of aryl methyl sites for hydroxylation is 1. The van der Waals surface area contributed by atoms with Crippen LogP contribution in [-0.2, 0) is 12.8 Å². The molecule has 0 bridgehead atoms. The molecule has 0 saturated heterocycles. The van der Waals surface area contributed by atoms with Gasteiger partial charge in [0.2, 0.25) is 0 Å². The maximum absolute atomic E-state index is 4.68. The van der Waals surface area contributed by atoms with Gasteiger partial charge in [-0.1, -0.05) is 45.0 Å². The molecule has 1 aromatic carbocycles. The minimum absolute atomic E-state index is 0.690. The predicted molar refractivity (Wildman–Crippen MR) is 77.6 cm³/mol. The maximum Gasteiger partial charge on any atom is 0.0705 e. The fourth-order valence-electron chi connectivity index (χ4n) is 2.17. The van der Waals surface area contributed by atoms with Crippen molar-refractivity contribution in [3.8, 4) is 11.3 Å². The Hall–Kier alpha value is -1.63. The molecule has 0 radical (unpaired) electrons. The number of nitrogens with zero attached hydrogens (tertiary/aromatic N) is 1. The lowest BCUT2D eigenvalue weighted by Gasteiger charge is -2.08. The second-order valence-corrected chi connectivity index (χ2v) is 5.17. The highest BCUT2D eigenvalue weighted by molar-refractivity contribution is 5.60. The van der Waals surface area contributed by atoms with E-state index in [1.165, 1.54) is 11.1 Å². The van der Waals surface area contributed by atoms with E-state index < -0.39 is 0 Å². The summed E-state index contributed by atoms with van der Waals surface area (Å²) in [6.45, 7) is 6.65. The lowest BCUT2D eigenvalue weighted by Crippen LogP contribution is -1.95.